The van der Waals surface area contributed by atoms with Crippen LogP contribution in [0.5, 0.6) is 0 Å². The second kappa shape index (κ2) is 9.03. The molecule has 1 unspecified atom stereocenters. The number of nitrogens with zero attached hydrogens (tertiary/aromatic N) is 2. The minimum absolute atomic E-state index is 0.00537. The lowest BCUT2D eigenvalue weighted by Gasteiger charge is -2.37. The van der Waals surface area contributed by atoms with E-state index in [-0.39, 0.29) is 46.7 Å². The number of hydrogen-bond donors (Lipinski definition) is 1. The summed E-state index contributed by atoms with van der Waals surface area (Å²) < 4.78 is 40.4. The van der Waals surface area contributed by atoms with Gasteiger partial charge in [-0.1, -0.05) is 11.6 Å². The highest BCUT2D eigenvalue weighted by atomic mass is 35.5. The van der Waals surface area contributed by atoms with Crippen LogP contribution in [-0.4, -0.2) is 61.7 Å². The Bertz CT molecular complexity index is 961. The lowest BCUT2D eigenvalue weighted by atomic mass is 9.92. The number of benzene rings is 1. The Morgan fingerprint density at radius 1 is 1.03 bits per heavy atom. The van der Waals surface area contributed by atoms with Crippen molar-refractivity contribution in [1.29, 1.82) is 0 Å². The summed E-state index contributed by atoms with van der Waals surface area (Å²) in [5.74, 6) is -1.05. The number of halogens is 2. The summed E-state index contributed by atoms with van der Waals surface area (Å²) in [5.41, 5.74) is 0. The number of hydrogen-bond acceptors (Lipinski definition) is 4. The van der Waals surface area contributed by atoms with E-state index < -0.39 is 15.8 Å². The number of nitrogens with one attached hydrogen (secondary N) is 1. The first-order valence-corrected chi connectivity index (χ1v) is 12.6. The highest BCUT2D eigenvalue weighted by Crippen LogP contribution is 2.29. The van der Waals surface area contributed by atoms with Gasteiger partial charge >= 0.3 is 0 Å². The maximum absolute atomic E-state index is 13.4. The number of amides is 2. The maximum atomic E-state index is 13.4. The molecule has 2 amide bonds. The largest absolute Gasteiger partial charge is 0.353 e. The Morgan fingerprint density at radius 3 is 2.39 bits per heavy atom. The van der Waals surface area contributed by atoms with Crippen molar-refractivity contribution < 1.29 is 22.4 Å². The number of carbonyl (C=O) groups excluding carboxylic acids is 2. The van der Waals surface area contributed by atoms with E-state index in [1.807, 2.05) is 0 Å². The van der Waals surface area contributed by atoms with Crippen molar-refractivity contribution in [2.45, 2.75) is 49.5 Å². The average molecular weight is 472 g/mol. The summed E-state index contributed by atoms with van der Waals surface area (Å²) in [6.45, 7) is 1.50. The summed E-state index contributed by atoms with van der Waals surface area (Å²) in [5, 5.41) is 2.79. The topological polar surface area (TPSA) is 86.8 Å². The van der Waals surface area contributed by atoms with Gasteiger partial charge in [0.2, 0.25) is 21.8 Å². The second-order valence-electron chi connectivity index (χ2n) is 8.66. The molecule has 10 heteroatoms. The fraction of sp³-hybridized carbons (Fsp3) is 0.619. The fourth-order valence-corrected chi connectivity index (χ4v) is 6.07. The molecule has 170 valence electrons. The van der Waals surface area contributed by atoms with Gasteiger partial charge < -0.3 is 10.2 Å². The van der Waals surface area contributed by atoms with Crippen LogP contribution in [0.3, 0.4) is 0 Å². The second-order valence-corrected chi connectivity index (χ2v) is 11.0. The molecule has 2 aliphatic heterocycles. The summed E-state index contributed by atoms with van der Waals surface area (Å²) in [6, 6.07) is 3.66. The molecule has 2 heterocycles. The SMILES string of the molecule is O=C(NC1CC1)C1CCCN(C(=O)C2CCN(S(=O)(=O)c3ccc(F)c(Cl)c3)CC2)C1. The van der Waals surface area contributed by atoms with Gasteiger partial charge in [-0.05, 0) is 56.7 Å². The number of piperidine rings is 2. The number of carbonyl (C=O) groups is 2. The van der Waals surface area contributed by atoms with Gasteiger partial charge in [-0.3, -0.25) is 9.59 Å². The van der Waals surface area contributed by atoms with E-state index in [0.717, 1.165) is 37.8 Å². The molecule has 0 radical (unpaired) electrons. The first-order valence-electron chi connectivity index (χ1n) is 10.8. The highest BCUT2D eigenvalue weighted by molar-refractivity contribution is 7.89. The number of sulfonamides is 1. The molecular formula is C21H27ClFN3O4S. The molecule has 7 nitrogen and oxygen atoms in total. The minimum atomic E-state index is -3.80. The smallest absolute Gasteiger partial charge is 0.243 e. The molecule has 4 rings (SSSR count). The summed E-state index contributed by atoms with van der Waals surface area (Å²) in [6.07, 6.45) is 4.50. The maximum Gasteiger partial charge on any atom is 0.243 e. The zero-order valence-corrected chi connectivity index (χ0v) is 18.8. The Hall–Kier alpha value is -1.71. The van der Waals surface area contributed by atoms with Crippen molar-refractivity contribution in [2.24, 2.45) is 11.8 Å². The molecule has 1 atom stereocenters. The van der Waals surface area contributed by atoms with E-state index in [2.05, 4.69) is 5.32 Å². The predicted molar refractivity (Wildman–Crippen MR) is 113 cm³/mol. The molecule has 2 saturated heterocycles. The van der Waals surface area contributed by atoms with Gasteiger partial charge in [-0.15, -0.1) is 0 Å². The van der Waals surface area contributed by atoms with Gasteiger partial charge in [0.1, 0.15) is 5.82 Å². The number of likely N-dealkylation sites (tertiary alicyclic amines) is 1. The van der Waals surface area contributed by atoms with Crippen molar-refractivity contribution in [3.05, 3.63) is 29.0 Å². The number of rotatable bonds is 5. The average Bonchev–Trinajstić information content (AvgIpc) is 3.59. The quantitative estimate of drug-likeness (QED) is 0.714. The van der Waals surface area contributed by atoms with Gasteiger partial charge in [0.05, 0.1) is 15.8 Å². The Morgan fingerprint density at radius 2 is 1.74 bits per heavy atom. The summed E-state index contributed by atoms with van der Waals surface area (Å²) >= 11 is 5.74. The van der Waals surface area contributed by atoms with Crippen LogP contribution in [0.15, 0.2) is 23.1 Å². The van der Waals surface area contributed by atoms with Crippen molar-refractivity contribution in [2.75, 3.05) is 26.2 Å². The van der Waals surface area contributed by atoms with Crippen LogP contribution in [0.25, 0.3) is 0 Å². The van der Waals surface area contributed by atoms with E-state index in [9.17, 15) is 22.4 Å². The van der Waals surface area contributed by atoms with E-state index in [0.29, 0.717) is 32.0 Å². The molecule has 0 bridgehead atoms. The molecule has 0 spiro atoms. The molecule has 1 aliphatic carbocycles. The van der Waals surface area contributed by atoms with E-state index in [1.165, 1.54) is 10.4 Å². The van der Waals surface area contributed by atoms with Gasteiger partial charge in [-0.25, -0.2) is 12.8 Å². The molecular weight excluding hydrogens is 445 g/mol. The summed E-state index contributed by atoms with van der Waals surface area (Å²) in [7, 11) is -3.80. The van der Waals surface area contributed by atoms with Gasteiger partial charge in [0.15, 0.2) is 0 Å². The fourth-order valence-electron chi connectivity index (χ4n) is 4.33. The third kappa shape index (κ3) is 5.04. The Kier molecular flexibility index (Phi) is 6.55. The van der Waals surface area contributed by atoms with Crippen molar-refractivity contribution in [1.82, 2.24) is 14.5 Å². The van der Waals surface area contributed by atoms with Gasteiger partial charge in [-0.2, -0.15) is 4.31 Å². The van der Waals surface area contributed by atoms with Crippen LogP contribution >= 0.6 is 11.6 Å². The van der Waals surface area contributed by atoms with E-state index in [4.69, 9.17) is 11.6 Å². The van der Waals surface area contributed by atoms with Gasteiger partial charge in [0.25, 0.3) is 0 Å². The van der Waals surface area contributed by atoms with Crippen LogP contribution in [0.4, 0.5) is 4.39 Å². The standard InChI is InChI=1S/C21H27ClFN3O4S/c22-18-12-17(5-6-19(18)23)31(29,30)26-10-7-14(8-11-26)21(28)25-9-1-2-15(13-25)20(27)24-16-3-4-16/h5-6,12,14-16H,1-4,7-11,13H2,(H,24,27). The zero-order valence-electron chi connectivity index (χ0n) is 17.2. The van der Waals surface area contributed by atoms with E-state index in [1.54, 1.807) is 4.90 Å². The Balaban J connectivity index is 1.34. The third-order valence-electron chi connectivity index (χ3n) is 6.36. The van der Waals surface area contributed by atoms with Crippen molar-refractivity contribution in [3.8, 4) is 0 Å². The van der Waals surface area contributed by atoms with Crippen LogP contribution < -0.4 is 5.32 Å². The van der Waals surface area contributed by atoms with Crippen LogP contribution in [0, 0.1) is 17.7 Å². The Labute approximate surface area is 187 Å². The normalized spacial score (nSPS) is 23.5. The third-order valence-corrected chi connectivity index (χ3v) is 8.54. The van der Waals surface area contributed by atoms with Crippen LogP contribution in [0.2, 0.25) is 5.02 Å². The first kappa shape index (κ1) is 22.5. The van der Waals surface area contributed by atoms with Crippen LogP contribution in [0.1, 0.15) is 38.5 Å². The minimum Gasteiger partial charge on any atom is -0.353 e. The highest BCUT2D eigenvalue weighted by Gasteiger charge is 2.37. The van der Waals surface area contributed by atoms with Gasteiger partial charge in [0, 0.05) is 38.1 Å². The van der Waals surface area contributed by atoms with Crippen LogP contribution in [-0.2, 0) is 19.6 Å². The molecule has 1 saturated carbocycles. The van der Waals surface area contributed by atoms with Crippen molar-refractivity contribution in [3.63, 3.8) is 0 Å². The summed E-state index contributed by atoms with van der Waals surface area (Å²) in [4.78, 5) is 27.1. The predicted octanol–water partition coefficient (Wildman–Crippen LogP) is 2.40. The molecule has 31 heavy (non-hydrogen) atoms. The molecule has 3 fully saturated rings. The molecule has 1 aromatic rings. The zero-order chi connectivity index (χ0) is 22.2. The lowest BCUT2D eigenvalue weighted by Crippen LogP contribution is -2.49. The van der Waals surface area contributed by atoms with E-state index >= 15 is 0 Å². The first-order chi connectivity index (χ1) is 14.8. The molecule has 0 aromatic heterocycles. The monoisotopic (exact) mass is 471 g/mol. The van der Waals surface area contributed by atoms with Crippen molar-refractivity contribution >= 4 is 33.4 Å². The molecule has 1 N–H and O–H groups in total. The molecule has 1 aromatic carbocycles. The lowest BCUT2D eigenvalue weighted by molar-refractivity contribution is -0.140. The molecule has 3 aliphatic rings.